The van der Waals surface area contributed by atoms with Crippen LogP contribution in [-0.2, 0) is 6.42 Å². The average molecular weight is 366 g/mol. The van der Waals surface area contributed by atoms with Gasteiger partial charge in [0.05, 0.1) is 16.9 Å². The monoisotopic (exact) mass is 365 g/mol. The molecule has 1 rings (SSSR count). The van der Waals surface area contributed by atoms with Crippen molar-refractivity contribution < 1.29 is 9.90 Å². The van der Waals surface area contributed by atoms with Gasteiger partial charge in [0.1, 0.15) is 0 Å². The number of hydrogen-bond acceptors (Lipinski definition) is 6. The second-order valence-electron chi connectivity index (χ2n) is 7.31. The molecular weight excluding hydrogens is 330 g/mol. The Morgan fingerprint density at radius 1 is 0.923 bits per heavy atom. The van der Waals surface area contributed by atoms with Crippen LogP contribution < -0.4 is 11.5 Å². The summed E-state index contributed by atoms with van der Waals surface area (Å²) < 4.78 is 0. The Morgan fingerprint density at radius 2 is 1.46 bits per heavy atom. The van der Waals surface area contributed by atoms with Gasteiger partial charge in [-0.2, -0.15) is 0 Å². The predicted molar refractivity (Wildman–Crippen MR) is 109 cm³/mol. The molecule has 0 amide bonds. The molecular formula is C19H35N5O2. The van der Waals surface area contributed by atoms with Gasteiger partial charge in [0.2, 0.25) is 0 Å². The molecule has 7 heteroatoms. The Bertz CT molecular complexity index is 561. The second kappa shape index (κ2) is 11.0. The van der Waals surface area contributed by atoms with Gasteiger partial charge in [0.15, 0.2) is 0 Å². The third-order valence-corrected chi connectivity index (χ3v) is 4.46. The molecule has 0 atom stereocenters. The molecule has 0 saturated heterocycles. The lowest BCUT2D eigenvalue weighted by molar-refractivity contribution is 0.0695. The van der Waals surface area contributed by atoms with E-state index >= 15 is 0 Å². The molecule has 26 heavy (non-hydrogen) atoms. The van der Waals surface area contributed by atoms with Gasteiger partial charge in [-0.15, -0.1) is 0 Å². The Hall–Kier alpha value is -1.83. The van der Waals surface area contributed by atoms with E-state index in [0.717, 1.165) is 45.6 Å². The first-order valence-electron chi connectivity index (χ1n) is 9.14. The fraction of sp³-hybridized carbons (Fsp3) is 0.632. The lowest BCUT2D eigenvalue weighted by Crippen LogP contribution is -2.32. The van der Waals surface area contributed by atoms with Gasteiger partial charge in [-0.25, -0.2) is 4.79 Å². The summed E-state index contributed by atoms with van der Waals surface area (Å²) in [5.74, 6) is -0.960. The van der Waals surface area contributed by atoms with Crippen LogP contribution >= 0.6 is 0 Å². The molecule has 0 bridgehead atoms. The smallest absolute Gasteiger partial charge is 0.336 e. The van der Waals surface area contributed by atoms with Gasteiger partial charge >= 0.3 is 5.97 Å². The van der Waals surface area contributed by atoms with Gasteiger partial charge in [-0.1, -0.05) is 0 Å². The summed E-state index contributed by atoms with van der Waals surface area (Å²) in [6, 6.07) is 3.11. The molecule has 148 valence electrons. The number of aromatic carboxylic acids is 1. The van der Waals surface area contributed by atoms with Crippen LogP contribution in [0.2, 0.25) is 0 Å². The van der Waals surface area contributed by atoms with E-state index in [1.165, 1.54) is 0 Å². The highest BCUT2D eigenvalue weighted by molar-refractivity contribution is 5.93. The van der Waals surface area contributed by atoms with Crippen LogP contribution in [0, 0.1) is 0 Å². The highest BCUT2D eigenvalue weighted by atomic mass is 16.4. The molecule has 0 aromatic heterocycles. The normalized spacial score (nSPS) is 11.7. The maximum absolute atomic E-state index is 11.5. The molecule has 0 spiro atoms. The zero-order valence-corrected chi connectivity index (χ0v) is 16.7. The average Bonchev–Trinajstić information content (AvgIpc) is 2.54. The number of rotatable bonds is 12. The first-order chi connectivity index (χ1) is 12.2. The molecule has 1 aromatic rings. The highest BCUT2D eigenvalue weighted by Crippen LogP contribution is 2.25. The molecule has 0 heterocycles. The van der Waals surface area contributed by atoms with Crippen molar-refractivity contribution in [2.75, 3.05) is 72.4 Å². The van der Waals surface area contributed by atoms with Crippen molar-refractivity contribution in [1.29, 1.82) is 0 Å². The second-order valence-corrected chi connectivity index (χ2v) is 7.31. The maximum Gasteiger partial charge on any atom is 0.336 e. The summed E-state index contributed by atoms with van der Waals surface area (Å²) in [6.07, 6.45) is 2.74. The molecule has 0 radical (unpaired) electrons. The minimum absolute atomic E-state index is 0.248. The first kappa shape index (κ1) is 22.2. The Labute approximate surface area is 157 Å². The van der Waals surface area contributed by atoms with Crippen LogP contribution in [0.5, 0.6) is 0 Å². The number of nitrogens with zero attached hydrogens (tertiary/aromatic N) is 3. The van der Waals surface area contributed by atoms with E-state index < -0.39 is 5.97 Å². The first-order valence-corrected chi connectivity index (χ1v) is 9.14. The largest absolute Gasteiger partial charge is 0.478 e. The fourth-order valence-electron chi connectivity index (χ4n) is 2.98. The van der Waals surface area contributed by atoms with Crippen LogP contribution in [0.25, 0.3) is 0 Å². The number of carboxylic acids is 1. The van der Waals surface area contributed by atoms with Gasteiger partial charge < -0.3 is 31.3 Å². The quantitative estimate of drug-likeness (QED) is 0.480. The topological polar surface area (TPSA) is 99.1 Å². The third-order valence-electron chi connectivity index (χ3n) is 4.46. The number of nitrogen functional groups attached to an aromatic ring is 2. The number of nitrogens with two attached hydrogens (primary N) is 2. The molecule has 0 aliphatic rings. The van der Waals surface area contributed by atoms with Crippen molar-refractivity contribution in [2.24, 2.45) is 0 Å². The summed E-state index contributed by atoms with van der Waals surface area (Å²) in [5.41, 5.74) is 13.7. The van der Waals surface area contributed by atoms with E-state index in [1.54, 1.807) is 12.1 Å². The van der Waals surface area contributed by atoms with Gasteiger partial charge in [0.25, 0.3) is 0 Å². The van der Waals surface area contributed by atoms with Gasteiger partial charge in [-0.05, 0) is 91.3 Å². The summed E-state index contributed by atoms with van der Waals surface area (Å²) in [6.45, 7) is 4.80. The van der Waals surface area contributed by atoms with E-state index in [9.17, 15) is 9.90 Å². The summed E-state index contributed by atoms with van der Waals surface area (Å²) in [5, 5.41) is 9.43. The predicted octanol–water partition coefficient (Wildman–Crippen LogP) is 1.30. The molecule has 1 aromatic carbocycles. The van der Waals surface area contributed by atoms with E-state index in [4.69, 9.17) is 11.5 Å². The molecule has 0 saturated carbocycles. The van der Waals surface area contributed by atoms with Crippen molar-refractivity contribution in [1.82, 2.24) is 14.7 Å². The molecule has 0 aliphatic heterocycles. The molecule has 5 N–H and O–H groups in total. The van der Waals surface area contributed by atoms with Crippen LogP contribution in [-0.4, -0.2) is 86.7 Å². The van der Waals surface area contributed by atoms with E-state index in [2.05, 4.69) is 42.9 Å². The molecule has 0 fully saturated rings. The molecule has 0 aliphatic carbocycles. The number of carboxylic acid groups (broad SMARTS) is 1. The van der Waals surface area contributed by atoms with Crippen molar-refractivity contribution in [3.63, 3.8) is 0 Å². The summed E-state index contributed by atoms with van der Waals surface area (Å²) in [7, 11) is 8.29. The lowest BCUT2D eigenvalue weighted by atomic mass is 10.0. The van der Waals surface area contributed by atoms with Crippen LogP contribution in [0.4, 0.5) is 11.4 Å². The zero-order chi connectivity index (χ0) is 19.7. The standard InChI is InChI=1S/C19H35N5O2/c1-22(2)10-5-12-24(13-6-11-23(3)4)14-9-15-16(19(25)26)7-8-17(20)18(15)21/h7-8H,5-6,9-14,20-21H2,1-4H3,(H,25,26). The van der Waals surface area contributed by atoms with Crippen molar-refractivity contribution in [2.45, 2.75) is 19.3 Å². The van der Waals surface area contributed by atoms with E-state index in [1.807, 2.05) is 0 Å². The van der Waals surface area contributed by atoms with Gasteiger partial charge in [-0.3, -0.25) is 0 Å². The van der Waals surface area contributed by atoms with Gasteiger partial charge in [0, 0.05) is 6.54 Å². The summed E-state index contributed by atoms with van der Waals surface area (Å²) >= 11 is 0. The lowest BCUT2D eigenvalue weighted by Gasteiger charge is -2.25. The van der Waals surface area contributed by atoms with Crippen molar-refractivity contribution in [3.8, 4) is 0 Å². The van der Waals surface area contributed by atoms with Crippen molar-refractivity contribution in [3.05, 3.63) is 23.3 Å². The number of carbonyl (C=O) groups is 1. The molecule has 0 unspecified atom stereocenters. The summed E-state index contributed by atoms with van der Waals surface area (Å²) in [4.78, 5) is 18.2. The maximum atomic E-state index is 11.5. The van der Waals surface area contributed by atoms with Crippen LogP contribution in [0.3, 0.4) is 0 Å². The highest BCUT2D eigenvalue weighted by Gasteiger charge is 2.16. The van der Waals surface area contributed by atoms with E-state index in [0.29, 0.717) is 23.4 Å². The number of hydrogen-bond donors (Lipinski definition) is 3. The fourth-order valence-corrected chi connectivity index (χ4v) is 2.98. The van der Waals surface area contributed by atoms with Crippen molar-refractivity contribution >= 4 is 17.3 Å². The molecule has 7 nitrogen and oxygen atoms in total. The zero-order valence-electron chi connectivity index (χ0n) is 16.7. The van der Waals surface area contributed by atoms with E-state index in [-0.39, 0.29) is 5.56 Å². The number of anilines is 2. The Kier molecular flexibility index (Phi) is 9.40. The minimum atomic E-state index is -0.960. The minimum Gasteiger partial charge on any atom is -0.478 e. The Morgan fingerprint density at radius 3 is 1.92 bits per heavy atom. The number of benzene rings is 1. The Balaban J connectivity index is 2.77. The third kappa shape index (κ3) is 7.59. The van der Waals surface area contributed by atoms with Crippen LogP contribution in [0.1, 0.15) is 28.8 Å². The SMILES string of the molecule is CN(C)CCCN(CCCN(C)C)CCc1c(C(=O)O)ccc(N)c1N. The van der Waals surface area contributed by atoms with Crippen LogP contribution in [0.15, 0.2) is 12.1 Å².